The van der Waals surface area contributed by atoms with Crippen molar-refractivity contribution in [1.82, 2.24) is 10.2 Å². The fourth-order valence-electron chi connectivity index (χ4n) is 3.70. The molecule has 2 amide bonds. The summed E-state index contributed by atoms with van der Waals surface area (Å²) in [7, 11) is -4.28. The number of carbonyl (C=O) groups excluding carboxylic acids is 2. The predicted molar refractivity (Wildman–Crippen MR) is 142 cm³/mol. The maximum Gasteiger partial charge on any atom is 0.264 e. The fraction of sp³-hybridized carbons (Fsp3) is 0.286. The molecular weight excluding hydrogens is 512 g/mol. The molecule has 3 aromatic carbocycles. The van der Waals surface area contributed by atoms with Crippen molar-refractivity contribution < 1.29 is 26.8 Å². The van der Waals surface area contributed by atoms with Crippen molar-refractivity contribution in [2.75, 3.05) is 10.8 Å². The van der Waals surface area contributed by atoms with Crippen LogP contribution in [0, 0.1) is 11.6 Å². The van der Waals surface area contributed by atoms with Crippen molar-refractivity contribution in [3.63, 3.8) is 0 Å². The third kappa shape index (κ3) is 7.38. The van der Waals surface area contributed by atoms with E-state index < -0.39 is 51.6 Å². The Labute approximate surface area is 222 Å². The van der Waals surface area contributed by atoms with Gasteiger partial charge < -0.3 is 10.2 Å². The van der Waals surface area contributed by atoms with E-state index in [0.29, 0.717) is 5.56 Å². The van der Waals surface area contributed by atoms with Crippen molar-refractivity contribution >= 4 is 27.5 Å². The number of anilines is 1. The van der Waals surface area contributed by atoms with Crippen molar-refractivity contribution in [2.45, 2.75) is 50.7 Å². The number of rotatable bonds is 9. The van der Waals surface area contributed by atoms with Crippen LogP contribution in [0.15, 0.2) is 83.8 Å². The Hall–Kier alpha value is -3.79. The molecule has 3 aromatic rings. The second-order valence-corrected chi connectivity index (χ2v) is 11.7. The van der Waals surface area contributed by atoms with Gasteiger partial charge >= 0.3 is 0 Å². The van der Waals surface area contributed by atoms with Crippen LogP contribution < -0.4 is 9.62 Å². The quantitative estimate of drug-likeness (QED) is 0.431. The third-order valence-corrected chi connectivity index (χ3v) is 7.44. The topological polar surface area (TPSA) is 86.8 Å². The molecule has 0 aromatic heterocycles. The monoisotopic (exact) mass is 543 g/mol. The molecule has 0 saturated heterocycles. The zero-order valence-electron chi connectivity index (χ0n) is 21.7. The Morgan fingerprint density at radius 1 is 0.868 bits per heavy atom. The zero-order chi connectivity index (χ0) is 28.1. The van der Waals surface area contributed by atoms with Gasteiger partial charge in [-0.05, 0) is 81.8 Å². The molecule has 202 valence electrons. The average molecular weight is 544 g/mol. The van der Waals surface area contributed by atoms with Gasteiger partial charge in [0.1, 0.15) is 24.2 Å². The zero-order valence-corrected chi connectivity index (χ0v) is 22.5. The Morgan fingerprint density at radius 2 is 1.39 bits per heavy atom. The van der Waals surface area contributed by atoms with Crippen molar-refractivity contribution in [3.05, 3.63) is 96.1 Å². The van der Waals surface area contributed by atoms with Gasteiger partial charge in [-0.25, -0.2) is 17.2 Å². The van der Waals surface area contributed by atoms with Gasteiger partial charge in [0.25, 0.3) is 10.0 Å². The molecule has 0 unspecified atom stereocenters. The van der Waals surface area contributed by atoms with Gasteiger partial charge in [-0.1, -0.05) is 30.3 Å². The SMILES string of the molecule is C[C@H](C(=O)NC(C)(C)C)N(Cc1ccc(F)cc1)C(=O)CN(c1ccccc1)S(=O)(=O)c1ccc(F)cc1. The van der Waals surface area contributed by atoms with Crippen LogP contribution in [0.3, 0.4) is 0 Å². The van der Waals surface area contributed by atoms with Crippen LogP contribution in [0.1, 0.15) is 33.3 Å². The van der Waals surface area contributed by atoms with Gasteiger partial charge in [-0.2, -0.15) is 0 Å². The second kappa shape index (κ2) is 11.7. The molecular formula is C28H31F2N3O4S. The van der Waals surface area contributed by atoms with E-state index in [1.54, 1.807) is 45.9 Å². The summed E-state index contributed by atoms with van der Waals surface area (Å²) >= 11 is 0. The van der Waals surface area contributed by atoms with E-state index in [9.17, 15) is 26.8 Å². The summed E-state index contributed by atoms with van der Waals surface area (Å²) < 4.78 is 55.1. The number of carbonyl (C=O) groups is 2. The van der Waals surface area contributed by atoms with Gasteiger partial charge in [0, 0.05) is 12.1 Å². The molecule has 1 N–H and O–H groups in total. The van der Waals surface area contributed by atoms with Crippen LogP contribution in [-0.4, -0.2) is 43.3 Å². The Kier molecular flexibility index (Phi) is 8.88. The summed E-state index contributed by atoms with van der Waals surface area (Å²) in [5, 5.41) is 2.84. The molecule has 0 spiro atoms. The second-order valence-electron chi connectivity index (χ2n) is 9.86. The number of nitrogens with zero attached hydrogens (tertiary/aromatic N) is 2. The third-order valence-electron chi connectivity index (χ3n) is 5.66. The normalized spacial score (nSPS) is 12.5. The van der Waals surface area contributed by atoms with E-state index >= 15 is 0 Å². The van der Waals surface area contributed by atoms with Crippen LogP contribution in [0.5, 0.6) is 0 Å². The summed E-state index contributed by atoms with van der Waals surface area (Å²) in [5.74, 6) is -2.14. The Bertz CT molecular complexity index is 1360. The van der Waals surface area contributed by atoms with Crippen LogP contribution in [0.4, 0.5) is 14.5 Å². The van der Waals surface area contributed by atoms with Gasteiger partial charge in [0.2, 0.25) is 11.8 Å². The first kappa shape index (κ1) is 28.8. The summed E-state index contributed by atoms with van der Waals surface area (Å²) in [6, 6.07) is 16.8. The lowest BCUT2D eigenvalue weighted by molar-refractivity contribution is -0.140. The summed E-state index contributed by atoms with van der Waals surface area (Å²) in [5.41, 5.74) is 0.208. The number of nitrogens with one attached hydrogen (secondary N) is 1. The number of benzene rings is 3. The van der Waals surface area contributed by atoms with Gasteiger partial charge in [-0.3, -0.25) is 13.9 Å². The summed E-state index contributed by atoms with van der Waals surface area (Å²) in [6.07, 6.45) is 0. The van der Waals surface area contributed by atoms with Crippen LogP contribution >= 0.6 is 0 Å². The minimum Gasteiger partial charge on any atom is -0.350 e. The molecule has 0 aliphatic carbocycles. The van der Waals surface area contributed by atoms with E-state index in [0.717, 1.165) is 28.6 Å². The lowest BCUT2D eigenvalue weighted by atomic mass is 10.1. The van der Waals surface area contributed by atoms with Gasteiger partial charge in [0.05, 0.1) is 10.6 Å². The molecule has 0 radical (unpaired) electrons. The van der Waals surface area contributed by atoms with Crippen LogP contribution in [0.25, 0.3) is 0 Å². The van der Waals surface area contributed by atoms with E-state index in [-0.39, 0.29) is 17.1 Å². The molecule has 0 bridgehead atoms. The lowest BCUT2D eigenvalue weighted by Crippen LogP contribution is -2.54. The molecule has 3 rings (SSSR count). The summed E-state index contributed by atoms with van der Waals surface area (Å²) in [4.78, 5) is 27.8. The van der Waals surface area contributed by atoms with E-state index in [1.807, 2.05) is 0 Å². The first-order valence-corrected chi connectivity index (χ1v) is 13.4. The molecule has 10 heteroatoms. The Balaban J connectivity index is 2.00. The molecule has 0 aliphatic rings. The van der Waals surface area contributed by atoms with Crippen LogP contribution in [-0.2, 0) is 26.2 Å². The molecule has 0 heterocycles. The highest BCUT2D eigenvalue weighted by Crippen LogP contribution is 2.24. The maximum atomic E-state index is 13.7. The minimum atomic E-state index is -4.28. The Morgan fingerprint density at radius 3 is 1.92 bits per heavy atom. The molecule has 7 nitrogen and oxygen atoms in total. The lowest BCUT2D eigenvalue weighted by Gasteiger charge is -2.33. The largest absolute Gasteiger partial charge is 0.350 e. The number of sulfonamides is 1. The van der Waals surface area contributed by atoms with Crippen molar-refractivity contribution in [1.29, 1.82) is 0 Å². The smallest absolute Gasteiger partial charge is 0.264 e. The molecule has 38 heavy (non-hydrogen) atoms. The van der Waals surface area contributed by atoms with Gasteiger partial charge in [-0.15, -0.1) is 0 Å². The van der Waals surface area contributed by atoms with E-state index in [4.69, 9.17) is 0 Å². The predicted octanol–water partition coefficient (Wildman–Crippen LogP) is 4.49. The minimum absolute atomic E-state index is 0.0585. The highest BCUT2D eigenvalue weighted by molar-refractivity contribution is 7.92. The van der Waals surface area contributed by atoms with E-state index in [2.05, 4.69) is 5.32 Å². The number of hydrogen-bond acceptors (Lipinski definition) is 4. The standard InChI is InChI=1S/C28H31F2N3O4S/c1-20(27(35)31-28(2,3)4)32(18-21-10-12-22(29)13-11-21)26(34)19-33(24-8-6-5-7-9-24)38(36,37)25-16-14-23(30)15-17-25/h5-17,20H,18-19H2,1-4H3,(H,31,35)/t20-/m1/s1. The molecule has 1 atom stereocenters. The maximum absolute atomic E-state index is 13.7. The van der Waals surface area contributed by atoms with Crippen molar-refractivity contribution in [3.8, 4) is 0 Å². The van der Waals surface area contributed by atoms with E-state index in [1.165, 1.54) is 41.3 Å². The molecule has 0 saturated carbocycles. The average Bonchev–Trinajstić information content (AvgIpc) is 2.86. The molecule has 0 aliphatic heterocycles. The van der Waals surface area contributed by atoms with Gasteiger partial charge in [0.15, 0.2) is 0 Å². The number of para-hydroxylation sites is 1. The first-order valence-electron chi connectivity index (χ1n) is 12.0. The van der Waals surface area contributed by atoms with Crippen molar-refractivity contribution in [2.24, 2.45) is 0 Å². The fourth-order valence-corrected chi connectivity index (χ4v) is 5.11. The number of halogens is 2. The molecule has 0 fully saturated rings. The number of amides is 2. The number of hydrogen-bond donors (Lipinski definition) is 1. The highest BCUT2D eigenvalue weighted by atomic mass is 32.2. The first-order chi connectivity index (χ1) is 17.8. The van der Waals surface area contributed by atoms with Crippen LogP contribution in [0.2, 0.25) is 0 Å². The summed E-state index contributed by atoms with van der Waals surface area (Å²) in [6.45, 7) is 6.27. The highest BCUT2D eigenvalue weighted by Gasteiger charge is 2.33.